The molecule has 2 heterocycles. The number of ether oxygens (including phenoxy) is 1. The Morgan fingerprint density at radius 1 is 1.11 bits per heavy atom. The van der Waals surface area contributed by atoms with Crippen LogP contribution >= 0.6 is 0 Å². The van der Waals surface area contributed by atoms with E-state index in [2.05, 4.69) is 10.3 Å². The van der Waals surface area contributed by atoms with Crippen molar-refractivity contribution in [3.8, 4) is 5.75 Å². The Morgan fingerprint density at radius 2 is 1.87 bits per heavy atom. The van der Waals surface area contributed by atoms with Gasteiger partial charge in [-0.1, -0.05) is 50.2 Å². The van der Waals surface area contributed by atoms with Gasteiger partial charge in [0.05, 0.1) is 6.04 Å². The number of rotatable bonds is 7. The second-order valence-electron chi connectivity index (χ2n) is 9.49. The van der Waals surface area contributed by atoms with Crippen molar-refractivity contribution in [2.75, 3.05) is 11.9 Å². The van der Waals surface area contributed by atoms with Gasteiger partial charge in [-0.3, -0.25) is 9.59 Å². The van der Waals surface area contributed by atoms with Crippen LogP contribution in [0.3, 0.4) is 0 Å². The predicted molar refractivity (Wildman–Crippen MR) is 140 cm³/mol. The molecular weight excluding hydrogens is 485 g/mol. The summed E-state index contributed by atoms with van der Waals surface area (Å²) in [5.74, 6) is -0.00568. The van der Waals surface area contributed by atoms with Crippen molar-refractivity contribution in [3.63, 3.8) is 0 Å². The number of anilines is 1. The minimum absolute atomic E-state index is 0.0211. The average Bonchev–Trinajstić information content (AvgIpc) is 3.41. The van der Waals surface area contributed by atoms with Crippen molar-refractivity contribution in [1.29, 1.82) is 0 Å². The van der Waals surface area contributed by atoms with Gasteiger partial charge in [0.1, 0.15) is 17.8 Å². The Morgan fingerprint density at radius 3 is 2.61 bits per heavy atom. The Balaban J connectivity index is 1.34. The van der Waals surface area contributed by atoms with Crippen molar-refractivity contribution >= 4 is 17.5 Å². The van der Waals surface area contributed by atoms with Crippen LogP contribution in [0.25, 0.3) is 0 Å². The standard InChI is InChI=1S/C30H28FN3O4/c1-19(2)30(36)34-15-14-20-10-13-24(16-25(20)28(34)21-8-11-22(31)12-9-21)37-18-27-33-26(17-38-27)29(35)32-23-6-4-3-5-7-23/h3-13,16-17,19,28H,14-15,18H2,1-2H3,(H,32,35)/t28-/m0/s1. The van der Waals surface area contributed by atoms with E-state index in [1.807, 2.05) is 55.1 Å². The number of carbonyl (C=O) groups is 2. The fraction of sp³-hybridized carbons (Fsp3) is 0.233. The van der Waals surface area contributed by atoms with E-state index in [4.69, 9.17) is 9.15 Å². The summed E-state index contributed by atoms with van der Waals surface area (Å²) >= 11 is 0. The van der Waals surface area contributed by atoms with Crippen LogP contribution < -0.4 is 10.1 Å². The molecule has 3 aromatic carbocycles. The van der Waals surface area contributed by atoms with Gasteiger partial charge in [0.2, 0.25) is 11.8 Å². The summed E-state index contributed by atoms with van der Waals surface area (Å²) in [6.45, 7) is 4.36. The lowest BCUT2D eigenvalue weighted by molar-refractivity contribution is -0.136. The van der Waals surface area contributed by atoms with E-state index in [1.54, 1.807) is 24.3 Å². The fourth-order valence-corrected chi connectivity index (χ4v) is 4.60. The van der Waals surface area contributed by atoms with Gasteiger partial charge in [0, 0.05) is 18.2 Å². The summed E-state index contributed by atoms with van der Waals surface area (Å²) in [7, 11) is 0. The largest absolute Gasteiger partial charge is 0.484 e. The van der Waals surface area contributed by atoms with E-state index in [1.165, 1.54) is 18.4 Å². The van der Waals surface area contributed by atoms with Crippen molar-refractivity contribution in [2.24, 2.45) is 5.92 Å². The number of nitrogens with one attached hydrogen (secondary N) is 1. The molecule has 0 bridgehead atoms. The number of hydrogen-bond donors (Lipinski definition) is 1. The van der Waals surface area contributed by atoms with Gasteiger partial charge in [0.15, 0.2) is 12.3 Å². The van der Waals surface area contributed by atoms with Gasteiger partial charge in [-0.15, -0.1) is 0 Å². The van der Waals surface area contributed by atoms with Crippen molar-refractivity contribution in [1.82, 2.24) is 9.88 Å². The van der Waals surface area contributed by atoms with Crippen molar-refractivity contribution < 1.29 is 23.1 Å². The van der Waals surface area contributed by atoms with E-state index >= 15 is 0 Å². The molecule has 5 rings (SSSR count). The Labute approximate surface area is 220 Å². The molecule has 0 spiro atoms. The Bertz CT molecular complexity index is 1430. The number of aromatic nitrogens is 1. The number of para-hydroxylation sites is 1. The molecule has 0 unspecified atom stereocenters. The minimum Gasteiger partial charge on any atom is -0.484 e. The van der Waals surface area contributed by atoms with Gasteiger partial charge >= 0.3 is 0 Å². The van der Waals surface area contributed by atoms with E-state index in [-0.39, 0.29) is 47.8 Å². The smallest absolute Gasteiger partial charge is 0.277 e. The highest BCUT2D eigenvalue weighted by Gasteiger charge is 2.33. The molecule has 0 saturated carbocycles. The maximum absolute atomic E-state index is 13.7. The lowest BCUT2D eigenvalue weighted by Crippen LogP contribution is -2.42. The van der Waals surface area contributed by atoms with Crippen molar-refractivity contribution in [3.05, 3.63) is 113 Å². The fourth-order valence-electron chi connectivity index (χ4n) is 4.60. The zero-order valence-corrected chi connectivity index (χ0v) is 21.2. The van der Waals surface area contributed by atoms with E-state index in [9.17, 15) is 14.0 Å². The van der Waals surface area contributed by atoms with E-state index in [0.717, 1.165) is 16.7 Å². The van der Waals surface area contributed by atoms with Gasteiger partial charge in [-0.2, -0.15) is 0 Å². The number of halogens is 1. The highest BCUT2D eigenvalue weighted by Crippen LogP contribution is 2.38. The quantitative estimate of drug-likeness (QED) is 0.339. The molecular formula is C30H28FN3O4. The summed E-state index contributed by atoms with van der Waals surface area (Å²) < 4.78 is 25.1. The van der Waals surface area contributed by atoms with E-state index in [0.29, 0.717) is 24.4 Å². The molecule has 194 valence electrons. The maximum Gasteiger partial charge on any atom is 0.277 e. The molecule has 1 N–H and O–H groups in total. The van der Waals surface area contributed by atoms with Crippen LogP contribution in [0.2, 0.25) is 0 Å². The first-order chi connectivity index (χ1) is 18.4. The number of carbonyl (C=O) groups excluding carboxylic acids is 2. The van der Waals surface area contributed by atoms with Crippen LogP contribution in [0.1, 0.15) is 53.0 Å². The summed E-state index contributed by atoms with van der Waals surface area (Å²) in [5.41, 5.74) is 3.69. The third-order valence-corrected chi connectivity index (χ3v) is 6.49. The SMILES string of the molecule is CC(C)C(=O)N1CCc2ccc(OCc3nc(C(=O)Nc4ccccc4)co3)cc2[C@@H]1c1ccc(F)cc1. The van der Waals surface area contributed by atoms with Crippen molar-refractivity contribution in [2.45, 2.75) is 32.9 Å². The lowest BCUT2D eigenvalue weighted by Gasteiger charge is -2.39. The number of nitrogens with zero attached hydrogens (tertiary/aromatic N) is 2. The number of fused-ring (bicyclic) bond motifs is 1. The minimum atomic E-state index is -0.378. The first-order valence-electron chi connectivity index (χ1n) is 12.5. The topological polar surface area (TPSA) is 84.7 Å². The number of hydrogen-bond acceptors (Lipinski definition) is 5. The molecule has 0 saturated heterocycles. The second-order valence-corrected chi connectivity index (χ2v) is 9.49. The lowest BCUT2D eigenvalue weighted by atomic mass is 9.87. The summed E-state index contributed by atoms with van der Waals surface area (Å²) in [4.78, 5) is 31.7. The third-order valence-electron chi connectivity index (χ3n) is 6.49. The Kier molecular flexibility index (Phi) is 7.22. The average molecular weight is 514 g/mol. The molecule has 2 amide bonds. The van der Waals surface area contributed by atoms with Gasteiger partial charge in [-0.05, 0) is 59.5 Å². The molecule has 0 fully saturated rings. The highest BCUT2D eigenvalue weighted by molar-refractivity contribution is 6.02. The summed E-state index contributed by atoms with van der Waals surface area (Å²) in [6, 6.07) is 20.8. The maximum atomic E-state index is 13.7. The van der Waals surface area contributed by atoms with Crippen LogP contribution in [-0.4, -0.2) is 28.2 Å². The number of amides is 2. The molecule has 7 nitrogen and oxygen atoms in total. The second kappa shape index (κ2) is 10.9. The molecule has 0 radical (unpaired) electrons. The molecule has 0 aliphatic carbocycles. The summed E-state index contributed by atoms with van der Waals surface area (Å²) in [6.07, 6.45) is 2.01. The molecule has 4 aromatic rings. The molecule has 1 aromatic heterocycles. The van der Waals surface area contributed by atoms with Crippen LogP contribution in [0.4, 0.5) is 10.1 Å². The summed E-state index contributed by atoms with van der Waals surface area (Å²) in [5, 5.41) is 2.77. The zero-order chi connectivity index (χ0) is 26.6. The van der Waals surface area contributed by atoms with Crippen LogP contribution in [0.5, 0.6) is 5.75 Å². The van der Waals surface area contributed by atoms with Crippen LogP contribution in [0.15, 0.2) is 83.5 Å². The third kappa shape index (κ3) is 5.44. The predicted octanol–water partition coefficient (Wildman–Crippen LogP) is 5.78. The molecule has 1 aliphatic rings. The number of oxazole rings is 1. The normalized spacial score (nSPS) is 14.7. The van der Waals surface area contributed by atoms with Gasteiger partial charge < -0.3 is 19.4 Å². The molecule has 38 heavy (non-hydrogen) atoms. The van der Waals surface area contributed by atoms with Gasteiger partial charge in [0.25, 0.3) is 5.91 Å². The molecule has 1 aliphatic heterocycles. The first-order valence-corrected chi connectivity index (χ1v) is 12.5. The Hall–Kier alpha value is -4.46. The monoisotopic (exact) mass is 513 g/mol. The van der Waals surface area contributed by atoms with E-state index < -0.39 is 0 Å². The van der Waals surface area contributed by atoms with Crippen LogP contribution in [0, 0.1) is 11.7 Å². The molecule has 1 atom stereocenters. The van der Waals surface area contributed by atoms with Gasteiger partial charge in [-0.25, -0.2) is 9.37 Å². The first kappa shape index (κ1) is 25.2. The molecule has 8 heteroatoms. The highest BCUT2D eigenvalue weighted by atomic mass is 19.1. The van der Waals surface area contributed by atoms with Crippen LogP contribution in [-0.2, 0) is 17.8 Å². The number of benzene rings is 3. The zero-order valence-electron chi connectivity index (χ0n) is 21.2.